The third-order valence-electron chi connectivity index (χ3n) is 3.96. The normalized spacial score (nSPS) is 28.2. The summed E-state index contributed by atoms with van der Waals surface area (Å²) in [6, 6.07) is 0.252. The van der Waals surface area contributed by atoms with Crippen molar-refractivity contribution in [3.05, 3.63) is 0 Å². The zero-order valence-electron chi connectivity index (χ0n) is 11.3. The zero-order chi connectivity index (χ0) is 12.6. The van der Waals surface area contributed by atoms with Gasteiger partial charge in [-0.2, -0.15) is 0 Å². The first-order chi connectivity index (χ1) is 8.02. The monoisotopic (exact) mass is 240 g/mol. The number of rotatable bonds is 5. The Hall–Kier alpha value is -0.610. The maximum absolute atomic E-state index is 12.4. The summed E-state index contributed by atoms with van der Waals surface area (Å²) in [4.78, 5) is 14.5. The van der Waals surface area contributed by atoms with Crippen LogP contribution in [-0.2, 0) is 9.53 Å². The van der Waals surface area contributed by atoms with Crippen molar-refractivity contribution in [1.82, 2.24) is 10.2 Å². The van der Waals surface area contributed by atoms with Gasteiger partial charge in [-0.05, 0) is 32.1 Å². The van der Waals surface area contributed by atoms with Crippen molar-refractivity contribution in [2.24, 2.45) is 5.92 Å². The van der Waals surface area contributed by atoms with Crippen LogP contribution >= 0.6 is 0 Å². The van der Waals surface area contributed by atoms with E-state index in [1.54, 1.807) is 7.11 Å². The summed E-state index contributed by atoms with van der Waals surface area (Å²) in [5.74, 6) is 0.753. The highest BCUT2D eigenvalue weighted by molar-refractivity contribution is 5.92. The van der Waals surface area contributed by atoms with Crippen molar-refractivity contribution >= 4 is 5.91 Å². The average molecular weight is 240 g/mol. The van der Waals surface area contributed by atoms with Crippen LogP contribution in [0, 0.1) is 5.92 Å². The van der Waals surface area contributed by atoms with E-state index in [-0.39, 0.29) is 17.7 Å². The van der Waals surface area contributed by atoms with Crippen molar-refractivity contribution in [2.75, 3.05) is 13.7 Å². The molecule has 1 amide bonds. The van der Waals surface area contributed by atoms with Crippen LogP contribution in [0.15, 0.2) is 0 Å². The number of ether oxygens (including phenoxy) is 1. The van der Waals surface area contributed by atoms with Gasteiger partial charge in [0.2, 0.25) is 5.91 Å². The Morgan fingerprint density at radius 3 is 2.59 bits per heavy atom. The van der Waals surface area contributed by atoms with Crippen LogP contribution in [0.4, 0.5) is 0 Å². The lowest BCUT2D eigenvalue weighted by Crippen LogP contribution is -2.46. The van der Waals surface area contributed by atoms with Crippen molar-refractivity contribution in [3.63, 3.8) is 0 Å². The highest BCUT2D eigenvalue weighted by Crippen LogP contribution is 2.44. The van der Waals surface area contributed by atoms with Crippen molar-refractivity contribution in [3.8, 4) is 0 Å². The highest BCUT2D eigenvalue weighted by atomic mass is 16.5. The molecule has 0 aromatic heterocycles. The van der Waals surface area contributed by atoms with Gasteiger partial charge in [-0.1, -0.05) is 13.8 Å². The number of nitrogens with one attached hydrogen (secondary N) is 1. The summed E-state index contributed by atoms with van der Waals surface area (Å²) in [5.41, 5.74) is -0.198. The maximum atomic E-state index is 12.4. The molecule has 2 fully saturated rings. The third-order valence-corrected chi connectivity index (χ3v) is 3.96. The predicted molar refractivity (Wildman–Crippen MR) is 66.5 cm³/mol. The van der Waals surface area contributed by atoms with Crippen LogP contribution in [0.2, 0.25) is 0 Å². The van der Waals surface area contributed by atoms with Gasteiger partial charge in [0.15, 0.2) is 0 Å². The molecule has 2 atom stereocenters. The fraction of sp³-hybridized carbons (Fsp3) is 0.923. The van der Waals surface area contributed by atoms with E-state index in [9.17, 15) is 4.79 Å². The Bertz CT molecular complexity index is 300. The second-order valence-corrected chi connectivity index (χ2v) is 5.76. The van der Waals surface area contributed by atoms with Gasteiger partial charge in [0.1, 0.15) is 0 Å². The van der Waals surface area contributed by atoms with Gasteiger partial charge in [-0.15, -0.1) is 0 Å². The molecule has 1 aliphatic heterocycles. The number of methoxy groups -OCH3 is 1. The number of carbonyl (C=O) groups excluding carboxylic acids is 1. The van der Waals surface area contributed by atoms with E-state index in [2.05, 4.69) is 31.0 Å². The molecule has 0 aromatic rings. The van der Waals surface area contributed by atoms with Crippen molar-refractivity contribution < 1.29 is 9.53 Å². The van der Waals surface area contributed by atoms with Crippen LogP contribution in [0.3, 0.4) is 0 Å². The number of carbonyl (C=O) groups is 1. The van der Waals surface area contributed by atoms with Crippen LogP contribution < -0.4 is 5.32 Å². The number of hydrogen-bond donors (Lipinski definition) is 1. The van der Waals surface area contributed by atoms with Crippen LogP contribution in [0.5, 0.6) is 0 Å². The van der Waals surface area contributed by atoms with Crippen molar-refractivity contribution in [1.29, 1.82) is 0 Å². The Kier molecular flexibility index (Phi) is 3.46. The van der Waals surface area contributed by atoms with Gasteiger partial charge in [0, 0.05) is 19.8 Å². The molecular weight excluding hydrogens is 216 g/mol. The lowest BCUT2D eigenvalue weighted by atomic mass is 10.1. The molecule has 2 aliphatic rings. The summed E-state index contributed by atoms with van der Waals surface area (Å²) in [6.07, 6.45) is 3.10. The van der Waals surface area contributed by atoms with E-state index in [1.165, 1.54) is 0 Å². The zero-order valence-corrected chi connectivity index (χ0v) is 11.3. The van der Waals surface area contributed by atoms with E-state index >= 15 is 0 Å². The Balaban J connectivity index is 2.08. The lowest BCUT2D eigenvalue weighted by Gasteiger charge is -2.32. The van der Waals surface area contributed by atoms with E-state index < -0.39 is 0 Å². The van der Waals surface area contributed by atoms with Gasteiger partial charge in [0.25, 0.3) is 0 Å². The fourth-order valence-electron chi connectivity index (χ4n) is 2.66. The molecule has 2 unspecified atom stereocenters. The molecule has 4 heteroatoms. The standard InChI is InChI=1S/C13H24N2O2/c1-9(2)11-14-13(6-7-13)12(16)15(11)10(3)5-8-17-4/h9-11,14H,5-8H2,1-4H3. The number of amides is 1. The number of hydrogen-bond acceptors (Lipinski definition) is 3. The lowest BCUT2D eigenvalue weighted by molar-refractivity contribution is -0.133. The second kappa shape index (κ2) is 4.58. The van der Waals surface area contributed by atoms with Gasteiger partial charge < -0.3 is 9.64 Å². The van der Waals surface area contributed by atoms with Gasteiger partial charge >= 0.3 is 0 Å². The average Bonchev–Trinajstić information content (AvgIpc) is 2.99. The van der Waals surface area contributed by atoms with Crippen LogP contribution in [-0.4, -0.2) is 42.3 Å². The van der Waals surface area contributed by atoms with E-state index in [0.717, 1.165) is 19.3 Å². The molecule has 1 spiro atoms. The third kappa shape index (κ3) is 2.20. The minimum Gasteiger partial charge on any atom is -0.385 e. The molecule has 1 heterocycles. The van der Waals surface area contributed by atoms with Gasteiger partial charge in [0.05, 0.1) is 11.7 Å². The second-order valence-electron chi connectivity index (χ2n) is 5.76. The van der Waals surface area contributed by atoms with Gasteiger partial charge in [-0.3, -0.25) is 10.1 Å². The molecule has 1 aliphatic carbocycles. The summed E-state index contributed by atoms with van der Waals surface area (Å²) in [6.45, 7) is 7.17. The van der Waals surface area contributed by atoms with Crippen LogP contribution in [0.1, 0.15) is 40.0 Å². The first kappa shape index (κ1) is 12.8. The highest BCUT2D eigenvalue weighted by Gasteiger charge is 2.60. The largest absolute Gasteiger partial charge is 0.385 e. The first-order valence-corrected chi connectivity index (χ1v) is 6.61. The molecule has 0 radical (unpaired) electrons. The summed E-state index contributed by atoms with van der Waals surface area (Å²) >= 11 is 0. The molecule has 1 saturated heterocycles. The summed E-state index contributed by atoms with van der Waals surface area (Å²) in [5, 5.41) is 3.53. The SMILES string of the molecule is COCCC(C)N1C(=O)C2(CC2)NC1C(C)C. The molecule has 2 rings (SSSR count). The smallest absolute Gasteiger partial charge is 0.244 e. The molecule has 1 saturated carbocycles. The van der Waals surface area contributed by atoms with E-state index in [1.807, 2.05) is 0 Å². The quantitative estimate of drug-likeness (QED) is 0.789. The summed E-state index contributed by atoms with van der Waals surface area (Å²) < 4.78 is 5.11. The van der Waals surface area contributed by atoms with E-state index in [4.69, 9.17) is 4.74 Å². The topological polar surface area (TPSA) is 41.6 Å². The Morgan fingerprint density at radius 2 is 2.12 bits per heavy atom. The predicted octanol–water partition coefficient (Wildman–Crippen LogP) is 1.36. The Morgan fingerprint density at radius 1 is 1.47 bits per heavy atom. The fourth-order valence-corrected chi connectivity index (χ4v) is 2.66. The number of nitrogens with zero attached hydrogens (tertiary/aromatic N) is 1. The molecule has 17 heavy (non-hydrogen) atoms. The summed E-state index contributed by atoms with van der Waals surface area (Å²) in [7, 11) is 1.71. The van der Waals surface area contributed by atoms with Crippen molar-refractivity contribution in [2.45, 2.75) is 57.8 Å². The minimum atomic E-state index is -0.198. The Labute approximate surface area is 104 Å². The van der Waals surface area contributed by atoms with Gasteiger partial charge in [-0.25, -0.2) is 0 Å². The molecular formula is C13H24N2O2. The maximum Gasteiger partial charge on any atom is 0.244 e. The molecule has 0 aromatic carbocycles. The minimum absolute atomic E-state index is 0.192. The van der Waals surface area contributed by atoms with Crippen LogP contribution in [0.25, 0.3) is 0 Å². The van der Waals surface area contributed by atoms with E-state index in [0.29, 0.717) is 18.4 Å². The first-order valence-electron chi connectivity index (χ1n) is 6.61. The molecule has 98 valence electrons. The molecule has 4 nitrogen and oxygen atoms in total. The molecule has 0 bridgehead atoms. The molecule has 1 N–H and O–H groups in total.